The van der Waals surface area contributed by atoms with E-state index in [9.17, 15) is 63.1 Å². The number of hydrogen-bond donors (Lipinski definition) is 11. The van der Waals surface area contributed by atoms with Gasteiger partial charge in [0, 0.05) is 12.8 Å². The van der Waals surface area contributed by atoms with Crippen molar-refractivity contribution in [3.8, 4) is 0 Å². The van der Waals surface area contributed by atoms with Gasteiger partial charge in [-0.15, -0.1) is 0 Å². The Balaban J connectivity index is -0.0000150. The Labute approximate surface area is 417 Å². The van der Waals surface area contributed by atoms with Gasteiger partial charge in [-0.3, -0.25) is 27.7 Å². The van der Waals surface area contributed by atoms with Crippen LogP contribution in [0.5, 0.6) is 0 Å². The summed E-state index contributed by atoms with van der Waals surface area (Å²) >= 11 is 0. The number of esters is 2. The summed E-state index contributed by atoms with van der Waals surface area (Å²) in [5.41, 5.74) is 0. The molecule has 1 unspecified atom stereocenters. The fourth-order valence-corrected chi connectivity index (χ4v) is 9.61. The lowest BCUT2D eigenvalue weighted by Gasteiger charge is -2.44. The molecule has 0 aromatic heterocycles. The highest BCUT2D eigenvalue weighted by Crippen LogP contribution is 2.51. The summed E-state index contributed by atoms with van der Waals surface area (Å²) in [5, 5.41) is 31.9. The Morgan fingerprint density at radius 3 is 1.20 bits per heavy atom. The monoisotopic (exact) mass is 1070 g/mol. The zero-order valence-corrected chi connectivity index (χ0v) is 44.8. The number of ether oxygens (including phenoxy) is 2. The van der Waals surface area contributed by atoms with Crippen LogP contribution < -0.4 is 18.5 Å². The second-order valence-electron chi connectivity index (χ2n) is 17.4. The van der Waals surface area contributed by atoms with E-state index >= 15 is 0 Å². The van der Waals surface area contributed by atoms with Gasteiger partial charge in [-0.1, -0.05) is 141 Å². The Bertz CT molecular complexity index is 1520. The van der Waals surface area contributed by atoms with Gasteiger partial charge in [0.2, 0.25) is 0 Å². The molecular weight excluding hydrogens is 979 g/mol. The normalized spacial score (nSPS) is 20.8. The first-order chi connectivity index (χ1) is 31.8. The molecule has 1 saturated carbocycles. The third-order valence-electron chi connectivity index (χ3n) is 11.2. The summed E-state index contributed by atoms with van der Waals surface area (Å²) in [6, 6.07) is 0. The molecule has 1 fully saturated rings. The van der Waals surface area contributed by atoms with Crippen LogP contribution in [0.2, 0.25) is 0 Å². The molecule has 0 spiro atoms. The number of phosphoric acid groups is 3. The van der Waals surface area contributed by atoms with Crippen molar-refractivity contribution >= 4 is 35.4 Å². The number of aliphatic hydroxyl groups is 3. The topological polar surface area (TPSA) is 408 Å². The number of unbranched alkanes of at least 4 members (excludes halogenated alkanes) is 22. The third-order valence-corrected chi connectivity index (χ3v) is 13.3. The Morgan fingerprint density at radius 2 is 0.800 bits per heavy atom. The van der Waals surface area contributed by atoms with E-state index in [2.05, 4.69) is 47.2 Å². The molecule has 22 nitrogen and oxygen atoms in total. The van der Waals surface area contributed by atoms with Crippen LogP contribution in [-0.2, 0) is 50.9 Å². The first-order valence-electron chi connectivity index (χ1n) is 24.6. The van der Waals surface area contributed by atoms with E-state index in [0.717, 1.165) is 77.0 Å². The minimum Gasteiger partial charge on any atom is -0.462 e. The van der Waals surface area contributed by atoms with Crippen LogP contribution in [0.1, 0.15) is 194 Å². The van der Waals surface area contributed by atoms with E-state index in [1.54, 1.807) is 0 Å². The van der Waals surface area contributed by atoms with Crippen molar-refractivity contribution in [3.63, 3.8) is 0 Å². The largest absolute Gasteiger partial charge is 0.472 e. The maximum atomic E-state index is 13.1. The van der Waals surface area contributed by atoms with Crippen molar-refractivity contribution < 1.29 is 90.6 Å². The molecule has 17 N–H and O–H groups in total. The lowest BCUT2D eigenvalue weighted by Crippen LogP contribution is -2.65. The summed E-state index contributed by atoms with van der Waals surface area (Å²) in [5.74, 6) is -1.31. The summed E-state index contributed by atoms with van der Waals surface area (Å²) in [6.07, 6.45) is 20.5. The smallest absolute Gasteiger partial charge is 0.462 e. The van der Waals surface area contributed by atoms with Crippen molar-refractivity contribution in [2.45, 2.75) is 236 Å². The molecule has 0 radical (unpaired) electrons. The van der Waals surface area contributed by atoms with Crippen LogP contribution in [0.15, 0.2) is 24.3 Å². The van der Waals surface area contributed by atoms with Crippen molar-refractivity contribution in [1.82, 2.24) is 18.5 Å². The number of allylic oxidation sites excluding steroid dienone is 4. The third kappa shape index (κ3) is 38.1. The highest BCUT2D eigenvalue weighted by atomic mass is 31.2. The Hall–Kier alpha value is -1.49. The number of carbonyl (C=O) groups excluding carboxylic acids is 2. The van der Waals surface area contributed by atoms with E-state index in [0.29, 0.717) is 12.8 Å². The maximum absolute atomic E-state index is 13.1. The van der Waals surface area contributed by atoms with Crippen molar-refractivity contribution in [3.05, 3.63) is 24.3 Å². The molecule has 70 heavy (non-hydrogen) atoms. The van der Waals surface area contributed by atoms with Gasteiger partial charge in [-0.25, -0.2) is 13.7 Å². The number of phosphoric ester groups is 3. The predicted octanol–water partition coefficient (Wildman–Crippen LogP) is 9.56. The Morgan fingerprint density at radius 1 is 0.457 bits per heavy atom. The first-order valence-corrected chi connectivity index (χ1v) is 29.2. The molecule has 0 heterocycles. The summed E-state index contributed by atoms with van der Waals surface area (Å²) < 4.78 is 65.5. The zero-order valence-electron chi connectivity index (χ0n) is 42.1. The van der Waals surface area contributed by atoms with Gasteiger partial charge in [0.25, 0.3) is 0 Å². The fourth-order valence-electron chi connectivity index (χ4n) is 7.51. The van der Waals surface area contributed by atoms with Crippen molar-refractivity contribution in [2.75, 3.05) is 13.2 Å². The summed E-state index contributed by atoms with van der Waals surface area (Å²) in [7, 11) is -16.6. The van der Waals surface area contributed by atoms with E-state index in [4.69, 9.17) is 18.5 Å². The van der Waals surface area contributed by atoms with Gasteiger partial charge < -0.3 is 67.7 Å². The number of rotatable bonds is 42. The van der Waals surface area contributed by atoms with Crippen LogP contribution in [0, 0.1) is 0 Å². The van der Waals surface area contributed by atoms with Gasteiger partial charge in [-0.2, -0.15) is 0 Å². The molecular formula is C45H94N3O19P3. The molecule has 25 heteroatoms. The average Bonchev–Trinajstić information content (AvgIpc) is 3.25. The highest BCUT2D eigenvalue weighted by molar-refractivity contribution is 7.47. The second-order valence-corrected chi connectivity index (χ2v) is 21.2. The molecule has 0 saturated heterocycles. The van der Waals surface area contributed by atoms with Crippen LogP contribution in [0.25, 0.3) is 0 Å². The second kappa shape index (κ2) is 42.8. The van der Waals surface area contributed by atoms with Gasteiger partial charge in [0.15, 0.2) is 6.10 Å². The quantitative estimate of drug-likeness (QED) is 0.0117. The minimum atomic E-state index is -5.60. The molecule has 1 rings (SSSR count). The van der Waals surface area contributed by atoms with Crippen LogP contribution in [0.4, 0.5) is 0 Å². The molecule has 0 aromatic rings. The average molecular weight is 1070 g/mol. The SMILES string of the molecule is CCCCCCCC/C=C\CCCCCCCC(=O)OC[C@H](COP(=O)(O)O[C@H]1[C@H](O)[C@@H](O)[C@H](OP(=O)(O)O)[C@@H](OP(=O)(O)O)[C@H]1O)OC(=O)CCCCCCC/C=C\CCCCCCCC.N.N.N. The number of carbonyl (C=O) groups is 2. The van der Waals surface area contributed by atoms with Crippen LogP contribution >= 0.6 is 23.5 Å². The molecule has 0 aromatic carbocycles. The number of aliphatic hydroxyl groups excluding tert-OH is 3. The number of hydrogen-bond acceptors (Lipinski definition) is 17. The van der Waals surface area contributed by atoms with Gasteiger partial charge in [0.05, 0.1) is 6.61 Å². The van der Waals surface area contributed by atoms with Crippen molar-refractivity contribution in [2.24, 2.45) is 0 Å². The maximum Gasteiger partial charge on any atom is 0.472 e. The lowest BCUT2D eigenvalue weighted by atomic mass is 9.85. The molecule has 8 atom stereocenters. The van der Waals surface area contributed by atoms with Gasteiger partial charge in [-0.05, 0) is 64.2 Å². The lowest BCUT2D eigenvalue weighted by molar-refractivity contribution is -0.213. The first kappa shape index (κ1) is 72.8. The predicted molar refractivity (Wildman–Crippen MR) is 267 cm³/mol. The van der Waals surface area contributed by atoms with Gasteiger partial charge >= 0.3 is 35.4 Å². The fraction of sp³-hybridized carbons (Fsp3) is 0.867. The summed E-state index contributed by atoms with van der Waals surface area (Å²) in [6.45, 7) is 2.93. The standard InChI is InChI=1S/C45H85O19P3.3H3N/c1-3-5-7-9-11-13-15-17-19-21-23-25-27-29-31-33-38(46)59-35-37(61-39(47)34-32-30-28-26-24-22-20-18-16-14-12-10-8-6-4-2)36-60-67(57,58)64-43-40(48)41(49)44(62-65(51,52)53)45(42(43)50)63-66(54,55)56;;;/h17-20,37,40-45,48-50H,3-16,21-36H2,1-2H3,(H,57,58)(H2,51,52,53)(H2,54,55,56);3*1H3/b19-17-,20-18-;;;/t37-,40-,41-,42+,43+,44+,45+;;;/m1.../s1. The molecule has 0 aliphatic heterocycles. The van der Waals surface area contributed by atoms with Crippen LogP contribution in [0.3, 0.4) is 0 Å². The molecule has 0 bridgehead atoms. The molecule has 0 amide bonds. The van der Waals surface area contributed by atoms with Crippen LogP contribution in [-0.4, -0.2) is 108 Å². The van der Waals surface area contributed by atoms with E-state index in [-0.39, 0.29) is 31.3 Å². The molecule has 1 aliphatic rings. The van der Waals surface area contributed by atoms with E-state index < -0.39 is 91.3 Å². The molecule has 418 valence electrons. The Kier molecular flexibility index (Phi) is 44.5. The highest BCUT2D eigenvalue weighted by Gasteiger charge is 2.56. The van der Waals surface area contributed by atoms with Crippen molar-refractivity contribution in [1.29, 1.82) is 0 Å². The molecule has 1 aliphatic carbocycles. The van der Waals surface area contributed by atoms with E-state index in [1.807, 2.05) is 0 Å². The summed E-state index contributed by atoms with van der Waals surface area (Å²) in [4.78, 5) is 73.2. The van der Waals surface area contributed by atoms with Gasteiger partial charge in [0.1, 0.15) is 43.2 Å². The zero-order chi connectivity index (χ0) is 50.0. The van der Waals surface area contributed by atoms with E-state index in [1.165, 1.54) is 77.0 Å². The minimum absolute atomic E-state index is 0.